The second kappa shape index (κ2) is 6.02. The summed E-state index contributed by atoms with van der Waals surface area (Å²) in [6.07, 6.45) is 0. The molecule has 1 heterocycles. The van der Waals surface area contributed by atoms with Gasteiger partial charge in [0.25, 0.3) is 0 Å². The number of fused-ring (bicyclic) bond motifs is 3. The zero-order valence-electron chi connectivity index (χ0n) is 15.4. The third kappa shape index (κ3) is 2.16. The molecule has 1 fully saturated rings. The van der Waals surface area contributed by atoms with Crippen molar-refractivity contribution in [2.24, 2.45) is 11.8 Å². The van der Waals surface area contributed by atoms with Gasteiger partial charge < -0.3 is 4.90 Å². The highest BCUT2D eigenvalue weighted by molar-refractivity contribution is 5.74. The Hall–Kier alpha value is -2.54. The molecule has 1 aliphatic carbocycles. The van der Waals surface area contributed by atoms with Crippen LogP contribution in [0.5, 0.6) is 0 Å². The number of hydrogen-bond acceptors (Lipinski definition) is 1. The maximum Gasteiger partial charge on any atom is 0.0485 e. The van der Waals surface area contributed by atoms with Crippen LogP contribution >= 0.6 is 0 Å². The van der Waals surface area contributed by atoms with E-state index in [9.17, 15) is 0 Å². The average Bonchev–Trinajstić information content (AvgIpc) is 3.16. The van der Waals surface area contributed by atoms with E-state index < -0.39 is 0 Å². The molecule has 0 amide bonds. The maximum atomic E-state index is 2.62. The minimum Gasteiger partial charge on any atom is -0.337 e. The van der Waals surface area contributed by atoms with Crippen molar-refractivity contribution in [3.05, 3.63) is 96.1 Å². The molecule has 5 unspecified atom stereocenters. The fourth-order valence-corrected chi connectivity index (χ4v) is 5.51. The van der Waals surface area contributed by atoms with Crippen LogP contribution in [0.15, 0.2) is 84.9 Å². The van der Waals surface area contributed by atoms with Gasteiger partial charge in [0.05, 0.1) is 0 Å². The summed E-state index contributed by atoms with van der Waals surface area (Å²) in [4.78, 5) is 2.62. The predicted molar refractivity (Wildman–Crippen MR) is 109 cm³/mol. The quantitative estimate of drug-likeness (QED) is 0.525. The van der Waals surface area contributed by atoms with Crippen LogP contribution in [0.25, 0.3) is 0 Å². The van der Waals surface area contributed by atoms with Crippen molar-refractivity contribution in [2.45, 2.75) is 31.7 Å². The predicted octanol–water partition coefficient (Wildman–Crippen LogP) is 6.36. The minimum absolute atomic E-state index is 0.488. The third-order valence-electron chi connectivity index (χ3n) is 6.77. The second-order valence-corrected chi connectivity index (χ2v) is 7.94. The number of anilines is 2. The highest BCUT2D eigenvalue weighted by Crippen LogP contribution is 2.61. The summed E-state index contributed by atoms with van der Waals surface area (Å²) in [7, 11) is 0. The normalized spacial score (nSPS) is 29.5. The molecule has 5 atom stereocenters. The van der Waals surface area contributed by atoms with Gasteiger partial charge in [-0.3, -0.25) is 0 Å². The van der Waals surface area contributed by atoms with Gasteiger partial charge in [0.15, 0.2) is 0 Å². The maximum absolute atomic E-state index is 2.62. The fraction of sp³-hybridized carbons (Fsp3) is 0.280. The molecule has 0 saturated heterocycles. The molecular weight excluding hydrogens is 314 g/mol. The number of nitrogens with zero attached hydrogens (tertiary/aromatic N) is 1. The van der Waals surface area contributed by atoms with Crippen molar-refractivity contribution >= 4 is 11.4 Å². The first-order valence-electron chi connectivity index (χ1n) is 9.75. The summed E-state index contributed by atoms with van der Waals surface area (Å²) >= 11 is 0. The summed E-state index contributed by atoms with van der Waals surface area (Å²) < 4.78 is 0. The summed E-state index contributed by atoms with van der Waals surface area (Å²) in [6, 6.07) is 31.6. The minimum atomic E-state index is 0.488. The van der Waals surface area contributed by atoms with Crippen LogP contribution in [0, 0.1) is 11.8 Å². The molecule has 3 aromatic rings. The lowest BCUT2D eigenvalue weighted by molar-refractivity contribution is 0.402. The van der Waals surface area contributed by atoms with Crippen molar-refractivity contribution in [2.75, 3.05) is 4.90 Å². The number of benzene rings is 3. The Bertz CT molecular complexity index is 900. The Morgan fingerprint density at radius 1 is 0.615 bits per heavy atom. The molecule has 1 nitrogen and oxygen atoms in total. The Morgan fingerprint density at radius 3 is 1.92 bits per heavy atom. The molecule has 0 radical (unpaired) electrons. The number of hydrogen-bond donors (Lipinski definition) is 0. The summed E-state index contributed by atoms with van der Waals surface area (Å²) in [6.45, 7) is 4.91. The first kappa shape index (κ1) is 15.7. The fourth-order valence-electron chi connectivity index (χ4n) is 5.51. The van der Waals surface area contributed by atoms with Gasteiger partial charge in [0.1, 0.15) is 0 Å². The zero-order valence-corrected chi connectivity index (χ0v) is 15.4. The Morgan fingerprint density at radius 2 is 1.19 bits per heavy atom. The Kier molecular flexibility index (Phi) is 3.63. The third-order valence-corrected chi connectivity index (χ3v) is 6.77. The van der Waals surface area contributed by atoms with Gasteiger partial charge in [-0.15, -0.1) is 0 Å². The van der Waals surface area contributed by atoms with Gasteiger partial charge in [-0.2, -0.15) is 0 Å². The van der Waals surface area contributed by atoms with Crippen molar-refractivity contribution in [3.8, 4) is 0 Å². The van der Waals surface area contributed by atoms with E-state index in [2.05, 4.69) is 104 Å². The molecule has 2 aliphatic rings. The van der Waals surface area contributed by atoms with Gasteiger partial charge in [-0.25, -0.2) is 0 Å². The molecule has 1 heteroatoms. The van der Waals surface area contributed by atoms with Gasteiger partial charge in [0, 0.05) is 29.3 Å². The molecule has 5 rings (SSSR count). The molecule has 1 aliphatic heterocycles. The van der Waals surface area contributed by atoms with E-state index in [0.29, 0.717) is 29.7 Å². The molecule has 1 saturated carbocycles. The summed E-state index contributed by atoms with van der Waals surface area (Å²) in [5.74, 6) is 2.46. The van der Waals surface area contributed by atoms with Crippen LogP contribution in [-0.2, 0) is 0 Å². The topological polar surface area (TPSA) is 3.24 Å². The zero-order chi connectivity index (χ0) is 17.7. The van der Waals surface area contributed by atoms with Gasteiger partial charge in [0.2, 0.25) is 0 Å². The van der Waals surface area contributed by atoms with Crippen LogP contribution in [0.1, 0.15) is 36.8 Å². The smallest absolute Gasteiger partial charge is 0.0485 e. The van der Waals surface area contributed by atoms with Crippen LogP contribution in [0.3, 0.4) is 0 Å². The Labute approximate surface area is 156 Å². The van der Waals surface area contributed by atoms with Crippen molar-refractivity contribution in [1.82, 2.24) is 0 Å². The SMILES string of the molecule is CC1C(C)C2c3ccccc3N(c3ccccc3)C2C1c1ccccc1. The highest BCUT2D eigenvalue weighted by atomic mass is 15.2. The summed E-state index contributed by atoms with van der Waals surface area (Å²) in [5.41, 5.74) is 5.72. The lowest BCUT2D eigenvalue weighted by Gasteiger charge is -2.33. The number of para-hydroxylation sites is 2. The second-order valence-electron chi connectivity index (χ2n) is 7.94. The van der Waals surface area contributed by atoms with Crippen LogP contribution < -0.4 is 4.90 Å². The van der Waals surface area contributed by atoms with Crippen molar-refractivity contribution in [1.29, 1.82) is 0 Å². The average molecular weight is 339 g/mol. The van der Waals surface area contributed by atoms with Crippen molar-refractivity contribution < 1.29 is 0 Å². The lowest BCUT2D eigenvalue weighted by atomic mass is 9.84. The monoisotopic (exact) mass is 339 g/mol. The first-order chi connectivity index (χ1) is 12.8. The first-order valence-corrected chi connectivity index (χ1v) is 9.75. The van der Waals surface area contributed by atoms with E-state index in [0.717, 1.165) is 0 Å². The van der Waals surface area contributed by atoms with Gasteiger partial charge in [-0.05, 0) is 41.2 Å². The number of rotatable bonds is 2. The van der Waals surface area contributed by atoms with Crippen LogP contribution in [0.4, 0.5) is 11.4 Å². The lowest BCUT2D eigenvalue weighted by Crippen LogP contribution is -2.33. The van der Waals surface area contributed by atoms with E-state index in [1.54, 1.807) is 0 Å². The summed E-state index contributed by atoms with van der Waals surface area (Å²) in [5, 5.41) is 0. The molecule has 0 bridgehead atoms. The van der Waals surface area contributed by atoms with Crippen LogP contribution in [0.2, 0.25) is 0 Å². The van der Waals surface area contributed by atoms with Crippen LogP contribution in [-0.4, -0.2) is 6.04 Å². The molecule has 0 spiro atoms. The van der Waals surface area contributed by atoms with Gasteiger partial charge in [-0.1, -0.05) is 80.6 Å². The molecule has 130 valence electrons. The molecule has 0 aromatic heterocycles. The Balaban J connectivity index is 1.71. The van der Waals surface area contributed by atoms with E-state index in [-0.39, 0.29) is 0 Å². The molecule has 0 N–H and O–H groups in total. The van der Waals surface area contributed by atoms with E-state index in [4.69, 9.17) is 0 Å². The highest BCUT2D eigenvalue weighted by Gasteiger charge is 2.54. The standard InChI is InChI=1S/C25H25N/c1-17-18(2)24-21-15-9-10-16-22(21)26(20-13-7-4-8-14-20)25(24)23(17)19-11-5-3-6-12-19/h3-18,23-25H,1-2H3. The van der Waals surface area contributed by atoms with E-state index >= 15 is 0 Å². The molecule has 3 aromatic carbocycles. The van der Waals surface area contributed by atoms with E-state index in [1.807, 2.05) is 0 Å². The molecule has 26 heavy (non-hydrogen) atoms. The molecular formula is C25H25N. The van der Waals surface area contributed by atoms with Crippen molar-refractivity contribution in [3.63, 3.8) is 0 Å². The van der Waals surface area contributed by atoms with E-state index in [1.165, 1.54) is 22.5 Å². The van der Waals surface area contributed by atoms with Gasteiger partial charge >= 0.3 is 0 Å². The largest absolute Gasteiger partial charge is 0.337 e.